The highest BCUT2D eigenvalue weighted by Gasteiger charge is 2.36. The molecule has 18 heavy (non-hydrogen) atoms. The Kier molecular flexibility index (Phi) is 2.94. The van der Waals surface area contributed by atoms with Crippen LogP contribution in [0.25, 0.3) is 0 Å². The molecule has 1 fully saturated rings. The Labute approximate surface area is 108 Å². The van der Waals surface area contributed by atoms with Gasteiger partial charge in [0.1, 0.15) is 0 Å². The number of carbonyl (C=O) groups is 1. The van der Waals surface area contributed by atoms with Gasteiger partial charge in [0.15, 0.2) is 0 Å². The molecule has 1 aromatic carbocycles. The zero-order chi connectivity index (χ0) is 12.5. The highest BCUT2D eigenvalue weighted by Crippen LogP contribution is 2.43. The number of carbonyl (C=O) groups excluding carboxylic acids is 1. The van der Waals surface area contributed by atoms with Crippen LogP contribution in [-0.2, 0) is 4.74 Å². The molecule has 0 aromatic heterocycles. The minimum atomic E-state index is -0.193. The maximum absolute atomic E-state index is 11.9. The molecule has 2 aliphatic carbocycles. The fourth-order valence-corrected chi connectivity index (χ4v) is 3.04. The van der Waals surface area contributed by atoms with Crippen molar-refractivity contribution in [3.05, 3.63) is 47.5 Å². The quantitative estimate of drug-likeness (QED) is 0.600. The minimum absolute atomic E-state index is 0.193. The predicted molar refractivity (Wildman–Crippen MR) is 70.3 cm³/mol. The summed E-state index contributed by atoms with van der Waals surface area (Å²) in [7, 11) is 0. The van der Waals surface area contributed by atoms with Crippen LogP contribution in [-0.4, -0.2) is 12.6 Å². The first-order valence-corrected chi connectivity index (χ1v) is 6.64. The SMILES string of the molecule is Cc1ccc(C(=O)OC[C@@H]2C[C@@H]3C=C[C@H]2C3)cc1. The van der Waals surface area contributed by atoms with Crippen molar-refractivity contribution in [1.29, 1.82) is 0 Å². The Balaban J connectivity index is 1.56. The van der Waals surface area contributed by atoms with Gasteiger partial charge in [-0.2, -0.15) is 0 Å². The van der Waals surface area contributed by atoms with Crippen LogP contribution in [0.2, 0.25) is 0 Å². The topological polar surface area (TPSA) is 26.3 Å². The van der Waals surface area contributed by atoms with Crippen molar-refractivity contribution in [2.24, 2.45) is 17.8 Å². The van der Waals surface area contributed by atoms with E-state index in [-0.39, 0.29) is 5.97 Å². The van der Waals surface area contributed by atoms with Crippen LogP contribution in [0.15, 0.2) is 36.4 Å². The van der Waals surface area contributed by atoms with Crippen molar-refractivity contribution in [1.82, 2.24) is 0 Å². The lowest BCUT2D eigenvalue weighted by atomic mass is 9.95. The standard InChI is InChI=1S/C16H18O2/c1-11-2-5-13(6-3-11)16(17)18-10-15-9-12-4-7-14(15)8-12/h2-7,12,14-15H,8-10H2,1H3/t12-,14+,15+/m1/s1. The van der Waals surface area contributed by atoms with E-state index in [0.29, 0.717) is 24.0 Å². The molecule has 0 unspecified atom stereocenters. The molecule has 2 aliphatic rings. The maximum atomic E-state index is 11.9. The van der Waals surface area contributed by atoms with E-state index >= 15 is 0 Å². The molecule has 2 bridgehead atoms. The summed E-state index contributed by atoms with van der Waals surface area (Å²) < 4.78 is 5.43. The number of aryl methyl sites for hydroxylation is 1. The second kappa shape index (κ2) is 4.60. The largest absolute Gasteiger partial charge is 0.462 e. The van der Waals surface area contributed by atoms with Crippen LogP contribution >= 0.6 is 0 Å². The fourth-order valence-electron chi connectivity index (χ4n) is 3.04. The zero-order valence-corrected chi connectivity index (χ0v) is 10.6. The van der Waals surface area contributed by atoms with E-state index in [1.807, 2.05) is 31.2 Å². The van der Waals surface area contributed by atoms with Gasteiger partial charge in [-0.15, -0.1) is 0 Å². The first-order chi connectivity index (χ1) is 8.72. The molecule has 0 N–H and O–H groups in total. The zero-order valence-electron chi connectivity index (χ0n) is 10.6. The van der Waals surface area contributed by atoms with Crippen molar-refractivity contribution < 1.29 is 9.53 Å². The molecule has 0 amide bonds. The monoisotopic (exact) mass is 242 g/mol. The number of hydrogen-bond acceptors (Lipinski definition) is 2. The average molecular weight is 242 g/mol. The Hall–Kier alpha value is -1.57. The summed E-state index contributed by atoms with van der Waals surface area (Å²) >= 11 is 0. The summed E-state index contributed by atoms with van der Waals surface area (Å²) in [6, 6.07) is 7.55. The highest BCUT2D eigenvalue weighted by atomic mass is 16.5. The number of ether oxygens (including phenoxy) is 1. The number of benzene rings is 1. The third-order valence-corrected chi connectivity index (χ3v) is 4.13. The van der Waals surface area contributed by atoms with Crippen molar-refractivity contribution in [2.45, 2.75) is 19.8 Å². The van der Waals surface area contributed by atoms with E-state index in [4.69, 9.17) is 4.74 Å². The Bertz CT molecular complexity index is 472. The van der Waals surface area contributed by atoms with E-state index < -0.39 is 0 Å². The second-order valence-corrected chi connectivity index (χ2v) is 5.50. The van der Waals surface area contributed by atoms with Gasteiger partial charge >= 0.3 is 5.97 Å². The number of allylic oxidation sites excluding steroid dienone is 2. The molecule has 0 aliphatic heterocycles. The number of hydrogen-bond donors (Lipinski definition) is 0. The van der Waals surface area contributed by atoms with Crippen LogP contribution in [0.4, 0.5) is 0 Å². The van der Waals surface area contributed by atoms with Crippen LogP contribution in [0.1, 0.15) is 28.8 Å². The van der Waals surface area contributed by atoms with Crippen molar-refractivity contribution in [3.63, 3.8) is 0 Å². The summed E-state index contributed by atoms with van der Waals surface area (Å²) in [6.45, 7) is 2.58. The first-order valence-electron chi connectivity index (χ1n) is 6.64. The molecule has 3 atom stereocenters. The number of rotatable bonds is 3. The van der Waals surface area contributed by atoms with Crippen LogP contribution in [0.5, 0.6) is 0 Å². The van der Waals surface area contributed by atoms with Gasteiger partial charge in [-0.05, 0) is 49.7 Å². The van der Waals surface area contributed by atoms with Crippen LogP contribution < -0.4 is 0 Å². The number of fused-ring (bicyclic) bond motifs is 2. The van der Waals surface area contributed by atoms with Gasteiger partial charge in [-0.3, -0.25) is 0 Å². The Morgan fingerprint density at radius 1 is 1.22 bits per heavy atom. The fraction of sp³-hybridized carbons (Fsp3) is 0.438. The van der Waals surface area contributed by atoms with Crippen LogP contribution in [0, 0.1) is 24.7 Å². The van der Waals surface area contributed by atoms with Crippen molar-refractivity contribution in [3.8, 4) is 0 Å². The highest BCUT2D eigenvalue weighted by molar-refractivity contribution is 5.89. The molecule has 0 heterocycles. The first kappa shape index (κ1) is 11.5. The normalized spacial score (nSPS) is 28.6. The molecule has 3 rings (SSSR count). The van der Waals surface area contributed by atoms with Gasteiger partial charge in [0, 0.05) is 0 Å². The summed E-state index contributed by atoms with van der Waals surface area (Å²) in [4.78, 5) is 11.9. The van der Waals surface area contributed by atoms with E-state index in [1.54, 1.807) is 0 Å². The molecule has 94 valence electrons. The van der Waals surface area contributed by atoms with E-state index in [0.717, 1.165) is 11.5 Å². The van der Waals surface area contributed by atoms with E-state index in [1.165, 1.54) is 12.8 Å². The van der Waals surface area contributed by atoms with Crippen molar-refractivity contribution >= 4 is 5.97 Å². The lowest BCUT2D eigenvalue weighted by Crippen LogP contribution is -2.17. The van der Waals surface area contributed by atoms with E-state index in [2.05, 4.69) is 12.2 Å². The van der Waals surface area contributed by atoms with Gasteiger partial charge in [-0.1, -0.05) is 29.8 Å². The predicted octanol–water partition coefficient (Wildman–Crippen LogP) is 3.36. The Morgan fingerprint density at radius 3 is 2.61 bits per heavy atom. The average Bonchev–Trinajstić information content (AvgIpc) is 2.99. The van der Waals surface area contributed by atoms with Crippen LogP contribution in [0.3, 0.4) is 0 Å². The molecule has 0 saturated heterocycles. The summed E-state index contributed by atoms with van der Waals surface area (Å²) in [6.07, 6.45) is 7.04. The molecule has 1 aromatic rings. The Morgan fingerprint density at radius 2 is 2.00 bits per heavy atom. The van der Waals surface area contributed by atoms with Crippen molar-refractivity contribution in [2.75, 3.05) is 6.61 Å². The maximum Gasteiger partial charge on any atom is 0.338 e. The molecule has 1 saturated carbocycles. The third-order valence-electron chi connectivity index (χ3n) is 4.13. The second-order valence-electron chi connectivity index (χ2n) is 5.50. The molecular formula is C16H18O2. The van der Waals surface area contributed by atoms with Gasteiger partial charge < -0.3 is 4.74 Å². The molecule has 2 nitrogen and oxygen atoms in total. The summed E-state index contributed by atoms with van der Waals surface area (Å²) in [5.74, 6) is 1.72. The lowest BCUT2D eigenvalue weighted by Gasteiger charge is -2.17. The minimum Gasteiger partial charge on any atom is -0.462 e. The van der Waals surface area contributed by atoms with Gasteiger partial charge in [0.2, 0.25) is 0 Å². The summed E-state index contributed by atoms with van der Waals surface area (Å²) in [5.41, 5.74) is 1.81. The van der Waals surface area contributed by atoms with Gasteiger partial charge in [0.25, 0.3) is 0 Å². The molecule has 0 radical (unpaired) electrons. The summed E-state index contributed by atoms with van der Waals surface area (Å²) in [5, 5.41) is 0. The molecule has 2 heteroatoms. The molecular weight excluding hydrogens is 224 g/mol. The number of esters is 1. The smallest absolute Gasteiger partial charge is 0.338 e. The lowest BCUT2D eigenvalue weighted by molar-refractivity contribution is 0.0421. The van der Waals surface area contributed by atoms with E-state index in [9.17, 15) is 4.79 Å². The van der Waals surface area contributed by atoms with Gasteiger partial charge in [-0.25, -0.2) is 4.79 Å². The van der Waals surface area contributed by atoms with Gasteiger partial charge in [0.05, 0.1) is 12.2 Å². The molecule has 0 spiro atoms. The third kappa shape index (κ3) is 2.20.